The molecule has 23 heavy (non-hydrogen) atoms. The number of aromatic nitrogens is 4. The highest BCUT2D eigenvalue weighted by atomic mass is 32.1. The highest BCUT2D eigenvalue weighted by Gasteiger charge is 2.13. The van der Waals surface area contributed by atoms with Gasteiger partial charge in [0.15, 0.2) is 0 Å². The van der Waals surface area contributed by atoms with Crippen molar-refractivity contribution in [3.05, 3.63) is 35.6 Å². The number of aliphatic hydroxyl groups is 1. The number of aliphatic hydroxyl groups excluding tert-OH is 1. The van der Waals surface area contributed by atoms with E-state index in [0.717, 1.165) is 38.3 Å². The van der Waals surface area contributed by atoms with Crippen LogP contribution >= 0.6 is 11.3 Å². The third kappa shape index (κ3) is 2.43. The molecule has 6 nitrogen and oxygen atoms in total. The van der Waals surface area contributed by atoms with Crippen molar-refractivity contribution in [3.8, 4) is 10.6 Å². The number of fused-ring (bicyclic) bond motifs is 3. The average Bonchev–Trinajstić information content (AvgIpc) is 3.22. The molecular weight excluding hydrogens is 310 g/mol. The van der Waals surface area contributed by atoms with Gasteiger partial charge in [-0.15, -0.1) is 11.3 Å². The van der Waals surface area contributed by atoms with E-state index >= 15 is 0 Å². The van der Waals surface area contributed by atoms with Crippen molar-refractivity contribution < 1.29 is 5.11 Å². The van der Waals surface area contributed by atoms with Crippen LogP contribution < -0.4 is 5.73 Å². The number of anilines is 1. The first kappa shape index (κ1) is 14.1. The van der Waals surface area contributed by atoms with E-state index in [9.17, 15) is 0 Å². The van der Waals surface area contributed by atoms with Gasteiger partial charge >= 0.3 is 0 Å². The first-order chi connectivity index (χ1) is 11.3. The molecule has 7 heteroatoms. The summed E-state index contributed by atoms with van der Waals surface area (Å²) in [7, 11) is 0. The predicted molar refractivity (Wildman–Crippen MR) is 92.3 cm³/mol. The van der Waals surface area contributed by atoms with Gasteiger partial charge in [0.2, 0.25) is 0 Å². The van der Waals surface area contributed by atoms with E-state index in [1.54, 1.807) is 17.5 Å². The maximum atomic E-state index is 8.97. The van der Waals surface area contributed by atoms with Crippen LogP contribution in [0.25, 0.3) is 32.5 Å². The molecule has 116 valence electrons. The number of hydrogen-bond donors (Lipinski definition) is 3. The second-order valence-electron chi connectivity index (χ2n) is 5.30. The monoisotopic (exact) mass is 325 g/mol. The summed E-state index contributed by atoms with van der Waals surface area (Å²) in [6, 6.07) is 6.03. The minimum atomic E-state index is 0.142. The van der Waals surface area contributed by atoms with Gasteiger partial charge in [-0.05, 0) is 18.6 Å². The van der Waals surface area contributed by atoms with Gasteiger partial charge in [0, 0.05) is 35.6 Å². The Bertz CT molecular complexity index is 977. The Balaban J connectivity index is 1.89. The molecule has 0 radical (unpaired) electrons. The van der Waals surface area contributed by atoms with Crippen molar-refractivity contribution in [3.63, 3.8) is 0 Å². The fourth-order valence-corrected chi connectivity index (χ4v) is 3.31. The van der Waals surface area contributed by atoms with Crippen LogP contribution in [-0.4, -0.2) is 31.6 Å². The number of H-pyrrole nitrogens is 1. The third-order valence-corrected chi connectivity index (χ3v) is 4.58. The fourth-order valence-electron chi connectivity index (χ4n) is 2.68. The molecule has 3 aromatic heterocycles. The van der Waals surface area contributed by atoms with Crippen molar-refractivity contribution in [1.82, 2.24) is 19.9 Å². The van der Waals surface area contributed by atoms with Gasteiger partial charge in [-0.3, -0.25) is 0 Å². The number of nitrogens with one attached hydrogen (secondary N) is 1. The normalized spacial score (nSPS) is 11.5. The van der Waals surface area contributed by atoms with Crippen LogP contribution in [0.5, 0.6) is 0 Å². The molecule has 0 amide bonds. The Morgan fingerprint density at radius 1 is 1.26 bits per heavy atom. The smallest absolute Gasteiger partial charge is 0.150 e. The number of benzene rings is 1. The molecule has 0 fully saturated rings. The number of imidazole rings is 1. The number of aromatic amines is 1. The van der Waals surface area contributed by atoms with Gasteiger partial charge in [0.1, 0.15) is 27.7 Å². The number of nitrogens with zero attached hydrogens (tertiary/aromatic N) is 3. The Morgan fingerprint density at radius 2 is 2.17 bits per heavy atom. The summed E-state index contributed by atoms with van der Waals surface area (Å²) < 4.78 is 0. The highest BCUT2D eigenvalue weighted by Crippen LogP contribution is 2.30. The number of nitrogen functional groups attached to an aromatic ring is 1. The Morgan fingerprint density at radius 3 is 2.96 bits per heavy atom. The van der Waals surface area contributed by atoms with E-state index in [-0.39, 0.29) is 6.61 Å². The van der Waals surface area contributed by atoms with Crippen LogP contribution in [-0.2, 0) is 6.42 Å². The molecule has 0 spiro atoms. The second-order valence-corrected chi connectivity index (χ2v) is 6.20. The van der Waals surface area contributed by atoms with Crippen LogP contribution in [0, 0.1) is 0 Å². The van der Waals surface area contributed by atoms with Crippen molar-refractivity contribution in [2.45, 2.75) is 12.8 Å². The van der Waals surface area contributed by atoms with Crippen molar-refractivity contribution >= 4 is 39.1 Å². The zero-order valence-corrected chi connectivity index (χ0v) is 13.1. The molecule has 4 N–H and O–H groups in total. The molecular formula is C16H15N5OS. The topological polar surface area (TPSA) is 101 Å². The number of nitrogens with two attached hydrogens (primary N) is 1. The second kappa shape index (κ2) is 5.60. The van der Waals surface area contributed by atoms with Gasteiger partial charge in [-0.2, -0.15) is 0 Å². The van der Waals surface area contributed by atoms with Crippen LogP contribution in [0.15, 0.2) is 29.8 Å². The lowest BCUT2D eigenvalue weighted by Gasteiger charge is -2.03. The standard InChI is InChI=1S/C16H15N5OS/c17-15-14-13(20-12(21-14)2-1-6-22)10-4-3-9(8-11(10)19-15)16-18-5-7-23-16/h3-5,7-8,22H,1-2,6H2,(H2,17,19)(H,20,21). The summed E-state index contributed by atoms with van der Waals surface area (Å²) in [6.45, 7) is 0.142. The van der Waals surface area contributed by atoms with Crippen molar-refractivity contribution in [2.24, 2.45) is 0 Å². The van der Waals surface area contributed by atoms with Crippen molar-refractivity contribution in [1.29, 1.82) is 0 Å². The number of pyridine rings is 1. The summed E-state index contributed by atoms with van der Waals surface area (Å²) in [5.74, 6) is 1.26. The molecule has 1 aromatic carbocycles. The van der Waals surface area contributed by atoms with Crippen molar-refractivity contribution in [2.75, 3.05) is 12.3 Å². The number of thiazole rings is 1. The quantitative estimate of drug-likeness (QED) is 0.535. The van der Waals surface area contributed by atoms with Gasteiger partial charge < -0.3 is 15.8 Å². The lowest BCUT2D eigenvalue weighted by molar-refractivity contribution is 0.287. The Hall–Kier alpha value is -2.51. The maximum Gasteiger partial charge on any atom is 0.150 e. The summed E-state index contributed by atoms with van der Waals surface area (Å²) in [5, 5.41) is 12.8. The minimum absolute atomic E-state index is 0.142. The van der Waals surface area contributed by atoms with Crippen LogP contribution in [0.4, 0.5) is 5.82 Å². The molecule has 0 saturated carbocycles. The average molecular weight is 325 g/mol. The van der Waals surface area contributed by atoms with E-state index < -0.39 is 0 Å². The molecule has 0 aliphatic carbocycles. The Kier molecular flexibility index (Phi) is 3.44. The van der Waals surface area contributed by atoms with E-state index in [2.05, 4.69) is 19.9 Å². The molecule has 0 bridgehead atoms. The van der Waals surface area contributed by atoms with E-state index in [0.29, 0.717) is 18.7 Å². The van der Waals surface area contributed by atoms with Crippen LogP contribution in [0.1, 0.15) is 12.2 Å². The maximum absolute atomic E-state index is 8.97. The summed E-state index contributed by atoms with van der Waals surface area (Å²) >= 11 is 1.59. The molecule has 4 aromatic rings. The zero-order valence-electron chi connectivity index (χ0n) is 12.3. The van der Waals surface area contributed by atoms with E-state index in [1.807, 2.05) is 23.6 Å². The summed E-state index contributed by atoms with van der Waals surface area (Å²) in [4.78, 5) is 16.7. The molecule has 0 aliphatic rings. The fraction of sp³-hybridized carbons (Fsp3) is 0.188. The van der Waals surface area contributed by atoms with E-state index in [4.69, 9.17) is 10.8 Å². The number of aryl methyl sites for hydroxylation is 1. The third-order valence-electron chi connectivity index (χ3n) is 3.75. The molecule has 4 rings (SSSR count). The Labute approximate surface area is 136 Å². The first-order valence-corrected chi connectivity index (χ1v) is 8.23. The molecule has 3 heterocycles. The molecule has 0 aliphatic heterocycles. The highest BCUT2D eigenvalue weighted by molar-refractivity contribution is 7.13. The zero-order chi connectivity index (χ0) is 15.8. The van der Waals surface area contributed by atoms with Gasteiger partial charge in [0.05, 0.1) is 5.52 Å². The minimum Gasteiger partial charge on any atom is -0.396 e. The largest absolute Gasteiger partial charge is 0.396 e. The predicted octanol–water partition coefficient (Wildman–Crippen LogP) is 2.74. The van der Waals surface area contributed by atoms with E-state index in [1.165, 1.54) is 0 Å². The SMILES string of the molecule is Nc1nc2cc(-c3nccs3)ccc2c2nc(CCCO)[nH]c12. The lowest BCUT2D eigenvalue weighted by atomic mass is 10.1. The molecule has 0 saturated heterocycles. The summed E-state index contributed by atoms with van der Waals surface area (Å²) in [5.41, 5.74) is 9.50. The van der Waals surface area contributed by atoms with Crippen LogP contribution in [0.3, 0.4) is 0 Å². The van der Waals surface area contributed by atoms with Crippen LogP contribution in [0.2, 0.25) is 0 Å². The lowest BCUT2D eigenvalue weighted by Crippen LogP contribution is -1.93. The number of rotatable bonds is 4. The molecule has 0 atom stereocenters. The van der Waals surface area contributed by atoms with Gasteiger partial charge in [-0.1, -0.05) is 6.07 Å². The first-order valence-electron chi connectivity index (χ1n) is 7.35. The van der Waals surface area contributed by atoms with Gasteiger partial charge in [0.25, 0.3) is 0 Å². The van der Waals surface area contributed by atoms with Gasteiger partial charge in [-0.25, -0.2) is 15.0 Å². The number of hydrogen-bond acceptors (Lipinski definition) is 6. The summed E-state index contributed by atoms with van der Waals surface area (Å²) in [6.07, 6.45) is 3.14. The molecule has 0 unspecified atom stereocenters.